The molecule has 0 atom stereocenters. The molecule has 0 spiro atoms. The molecule has 1 heterocycles. The molecular formula is C8H10F2N2O. The molecule has 0 aliphatic heterocycles. The molecule has 5 heteroatoms. The Morgan fingerprint density at radius 1 is 1.62 bits per heavy atom. The van der Waals surface area contributed by atoms with E-state index >= 15 is 0 Å². The smallest absolute Gasteiger partial charge is 0.255 e. The van der Waals surface area contributed by atoms with Crippen LogP contribution in [-0.2, 0) is 0 Å². The highest BCUT2D eigenvalue weighted by Gasteiger charge is 2.05. The summed E-state index contributed by atoms with van der Waals surface area (Å²) < 4.78 is 28.6. The molecule has 0 aliphatic rings. The van der Waals surface area contributed by atoms with Gasteiger partial charge in [-0.1, -0.05) is 0 Å². The third-order valence-corrected chi connectivity index (χ3v) is 1.41. The first-order valence-corrected chi connectivity index (χ1v) is 3.75. The van der Waals surface area contributed by atoms with Gasteiger partial charge >= 0.3 is 0 Å². The van der Waals surface area contributed by atoms with E-state index < -0.39 is 13.0 Å². The Hall–Kier alpha value is -1.39. The van der Waals surface area contributed by atoms with Gasteiger partial charge in [0, 0.05) is 6.20 Å². The summed E-state index contributed by atoms with van der Waals surface area (Å²) in [4.78, 5) is 3.85. The number of halogens is 2. The number of rotatable bonds is 4. The van der Waals surface area contributed by atoms with Gasteiger partial charge in [0.05, 0.1) is 13.7 Å². The fraction of sp³-hybridized carbons (Fsp3) is 0.375. The van der Waals surface area contributed by atoms with Gasteiger partial charge in [-0.15, -0.1) is 0 Å². The summed E-state index contributed by atoms with van der Waals surface area (Å²) in [6.07, 6.45) is -0.886. The minimum absolute atomic E-state index is 0.338. The molecule has 3 nitrogen and oxygen atoms in total. The number of nitrogens with zero attached hydrogens (tertiary/aromatic N) is 1. The van der Waals surface area contributed by atoms with Crippen LogP contribution in [0.3, 0.4) is 0 Å². The van der Waals surface area contributed by atoms with E-state index in [4.69, 9.17) is 4.74 Å². The van der Waals surface area contributed by atoms with E-state index in [2.05, 4.69) is 10.3 Å². The van der Waals surface area contributed by atoms with Crippen LogP contribution in [0.5, 0.6) is 5.75 Å². The van der Waals surface area contributed by atoms with E-state index in [0.717, 1.165) is 0 Å². The van der Waals surface area contributed by atoms with Gasteiger partial charge in [0.15, 0.2) is 11.6 Å². The maximum Gasteiger partial charge on any atom is 0.255 e. The van der Waals surface area contributed by atoms with Crippen molar-refractivity contribution < 1.29 is 13.5 Å². The van der Waals surface area contributed by atoms with Crippen molar-refractivity contribution >= 4 is 5.82 Å². The number of methoxy groups -OCH3 is 1. The van der Waals surface area contributed by atoms with Crippen molar-refractivity contribution in [3.63, 3.8) is 0 Å². The van der Waals surface area contributed by atoms with Crippen LogP contribution in [0.25, 0.3) is 0 Å². The first kappa shape index (κ1) is 9.70. The summed E-state index contributed by atoms with van der Waals surface area (Å²) in [5, 5.41) is 2.48. The Kier molecular flexibility index (Phi) is 3.42. The zero-order valence-corrected chi connectivity index (χ0v) is 7.13. The normalized spacial score (nSPS) is 10.2. The summed E-state index contributed by atoms with van der Waals surface area (Å²) in [7, 11) is 1.46. The van der Waals surface area contributed by atoms with Gasteiger partial charge in [0.25, 0.3) is 6.43 Å². The van der Waals surface area contributed by atoms with Crippen molar-refractivity contribution in [2.75, 3.05) is 19.0 Å². The molecule has 0 saturated carbocycles. The summed E-state index contributed by atoms with van der Waals surface area (Å²) in [5.74, 6) is 0.799. The molecule has 1 rings (SSSR count). The topological polar surface area (TPSA) is 34.1 Å². The minimum Gasteiger partial charge on any atom is -0.493 e. The Morgan fingerprint density at radius 2 is 2.38 bits per heavy atom. The first-order valence-electron chi connectivity index (χ1n) is 3.75. The predicted octanol–water partition coefficient (Wildman–Crippen LogP) is 1.77. The molecule has 1 aromatic rings. The number of anilines is 1. The van der Waals surface area contributed by atoms with Crippen molar-refractivity contribution in [2.24, 2.45) is 0 Å². The van der Waals surface area contributed by atoms with Crippen molar-refractivity contribution in [3.8, 4) is 5.75 Å². The maximum atomic E-state index is 11.8. The van der Waals surface area contributed by atoms with Crippen LogP contribution in [0, 0.1) is 0 Å². The second-order valence-corrected chi connectivity index (χ2v) is 2.33. The Labute approximate surface area is 74.7 Å². The SMILES string of the molecule is COc1cccnc1NCC(F)F. The van der Waals surface area contributed by atoms with Gasteiger partial charge in [-0.05, 0) is 12.1 Å². The van der Waals surface area contributed by atoms with E-state index in [1.807, 2.05) is 0 Å². The number of hydrogen-bond acceptors (Lipinski definition) is 3. The van der Waals surface area contributed by atoms with E-state index in [1.54, 1.807) is 12.1 Å². The molecule has 72 valence electrons. The van der Waals surface area contributed by atoms with Crippen LogP contribution >= 0.6 is 0 Å². The average Bonchev–Trinajstić information content (AvgIpc) is 2.15. The second-order valence-electron chi connectivity index (χ2n) is 2.33. The molecule has 1 aromatic heterocycles. The molecular weight excluding hydrogens is 178 g/mol. The lowest BCUT2D eigenvalue weighted by Gasteiger charge is -2.08. The number of ether oxygens (including phenoxy) is 1. The Morgan fingerprint density at radius 3 is 3.00 bits per heavy atom. The molecule has 1 N–H and O–H groups in total. The molecule has 0 radical (unpaired) electrons. The highest BCUT2D eigenvalue weighted by atomic mass is 19.3. The lowest BCUT2D eigenvalue weighted by atomic mass is 10.4. The second kappa shape index (κ2) is 4.59. The molecule has 0 saturated heterocycles. The van der Waals surface area contributed by atoms with Crippen LogP contribution in [-0.4, -0.2) is 25.1 Å². The number of alkyl halides is 2. The van der Waals surface area contributed by atoms with Gasteiger partial charge in [-0.25, -0.2) is 13.8 Å². The summed E-state index contributed by atoms with van der Waals surface area (Å²) in [6, 6.07) is 3.33. The van der Waals surface area contributed by atoms with Gasteiger partial charge in [0.2, 0.25) is 0 Å². The van der Waals surface area contributed by atoms with E-state index in [1.165, 1.54) is 13.3 Å². The standard InChI is InChI=1S/C8H10F2N2O/c1-13-6-3-2-4-11-8(6)12-5-7(9)10/h2-4,7H,5H2,1H3,(H,11,12). The Bertz CT molecular complexity index is 268. The van der Waals surface area contributed by atoms with Crippen LogP contribution in [0.15, 0.2) is 18.3 Å². The zero-order valence-electron chi connectivity index (χ0n) is 7.13. The highest BCUT2D eigenvalue weighted by Crippen LogP contribution is 2.19. The number of hydrogen-bond donors (Lipinski definition) is 1. The average molecular weight is 188 g/mol. The Balaban J connectivity index is 2.64. The fourth-order valence-corrected chi connectivity index (χ4v) is 0.862. The fourth-order valence-electron chi connectivity index (χ4n) is 0.862. The number of aromatic nitrogens is 1. The largest absolute Gasteiger partial charge is 0.493 e. The van der Waals surface area contributed by atoms with Gasteiger partial charge in [-0.2, -0.15) is 0 Å². The summed E-state index contributed by atoms with van der Waals surface area (Å²) in [5.41, 5.74) is 0. The molecule has 0 fully saturated rings. The van der Waals surface area contributed by atoms with Crippen LogP contribution in [0.2, 0.25) is 0 Å². The van der Waals surface area contributed by atoms with Gasteiger partial charge in [-0.3, -0.25) is 0 Å². The van der Waals surface area contributed by atoms with E-state index in [0.29, 0.717) is 11.6 Å². The highest BCUT2D eigenvalue weighted by molar-refractivity contribution is 5.49. The van der Waals surface area contributed by atoms with Gasteiger partial charge < -0.3 is 10.1 Å². The van der Waals surface area contributed by atoms with E-state index in [9.17, 15) is 8.78 Å². The summed E-state index contributed by atoms with van der Waals surface area (Å²) in [6.45, 7) is -0.423. The monoisotopic (exact) mass is 188 g/mol. The zero-order chi connectivity index (χ0) is 9.68. The van der Waals surface area contributed by atoms with Crippen LogP contribution in [0.4, 0.5) is 14.6 Å². The third-order valence-electron chi connectivity index (χ3n) is 1.41. The molecule has 0 amide bonds. The third kappa shape index (κ3) is 2.85. The predicted molar refractivity (Wildman–Crippen MR) is 45.3 cm³/mol. The lowest BCUT2D eigenvalue weighted by molar-refractivity contribution is 0.163. The van der Waals surface area contributed by atoms with Crippen molar-refractivity contribution in [1.82, 2.24) is 4.98 Å². The van der Waals surface area contributed by atoms with Crippen molar-refractivity contribution in [1.29, 1.82) is 0 Å². The molecule has 0 bridgehead atoms. The maximum absolute atomic E-state index is 11.8. The molecule has 13 heavy (non-hydrogen) atoms. The van der Waals surface area contributed by atoms with Crippen molar-refractivity contribution in [3.05, 3.63) is 18.3 Å². The first-order chi connectivity index (χ1) is 6.24. The van der Waals surface area contributed by atoms with E-state index in [-0.39, 0.29) is 0 Å². The summed E-state index contributed by atoms with van der Waals surface area (Å²) >= 11 is 0. The lowest BCUT2D eigenvalue weighted by Crippen LogP contribution is -2.11. The quantitative estimate of drug-likeness (QED) is 0.781. The molecule has 0 aromatic carbocycles. The van der Waals surface area contributed by atoms with Crippen LogP contribution < -0.4 is 10.1 Å². The van der Waals surface area contributed by atoms with Crippen molar-refractivity contribution in [2.45, 2.75) is 6.43 Å². The number of nitrogens with one attached hydrogen (secondary N) is 1. The minimum atomic E-state index is -2.40. The molecule has 0 aliphatic carbocycles. The van der Waals surface area contributed by atoms with Gasteiger partial charge in [0.1, 0.15) is 0 Å². The number of pyridine rings is 1. The molecule has 0 unspecified atom stereocenters. The van der Waals surface area contributed by atoms with Crippen LogP contribution in [0.1, 0.15) is 0 Å².